The predicted molar refractivity (Wildman–Crippen MR) is 64.3 cm³/mol. The molecule has 0 spiro atoms. The van der Waals surface area contributed by atoms with Crippen molar-refractivity contribution < 1.29 is 4.84 Å². The number of hydrogen-bond donors (Lipinski definition) is 0. The molecule has 0 radical (unpaired) electrons. The smallest absolute Gasteiger partial charge is 0.158 e. The minimum Gasteiger partial charge on any atom is -0.407 e. The lowest BCUT2D eigenvalue weighted by molar-refractivity contribution is 0.105. The molecule has 4 nitrogen and oxygen atoms in total. The minimum absolute atomic E-state index is 0.409. The Morgan fingerprint density at radius 1 is 1.12 bits per heavy atom. The Kier molecular flexibility index (Phi) is 2.46. The van der Waals surface area contributed by atoms with Crippen LogP contribution in [0.5, 0.6) is 0 Å². The number of nitrogens with zero attached hydrogens (tertiary/aromatic N) is 3. The summed E-state index contributed by atoms with van der Waals surface area (Å²) < 4.78 is 1.75. The lowest BCUT2D eigenvalue weighted by Crippen LogP contribution is -2.10. The standard InChI is InChI=1S/C13H11N3O/c1-2-4-13-11(3-1)5-8-16(13)17-10-12-9-14-6-7-15-12/h1-9H,10H2. The Balaban J connectivity index is 1.82. The zero-order chi connectivity index (χ0) is 11.5. The van der Waals surface area contributed by atoms with Gasteiger partial charge in [-0.1, -0.05) is 18.2 Å². The third-order valence-electron chi connectivity index (χ3n) is 2.53. The summed E-state index contributed by atoms with van der Waals surface area (Å²) in [5.41, 5.74) is 1.86. The fraction of sp³-hybridized carbons (Fsp3) is 0.0769. The third-order valence-corrected chi connectivity index (χ3v) is 2.53. The highest BCUT2D eigenvalue weighted by Gasteiger charge is 2.01. The summed E-state index contributed by atoms with van der Waals surface area (Å²) >= 11 is 0. The van der Waals surface area contributed by atoms with E-state index in [-0.39, 0.29) is 0 Å². The molecule has 0 aliphatic carbocycles. The molecule has 2 aromatic heterocycles. The van der Waals surface area contributed by atoms with Crippen LogP contribution in [0.1, 0.15) is 5.69 Å². The van der Waals surface area contributed by atoms with Gasteiger partial charge in [-0.3, -0.25) is 9.97 Å². The fourth-order valence-corrected chi connectivity index (χ4v) is 1.71. The molecule has 1 aromatic carbocycles. The van der Waals surface area contributed by atoms with Gasteiger partial charge in [0, 0.05) is 24.0 Å². The van der Waals surface area contributed by atoms with Crippen molar-refractivity contribution in [2.24, 2.45) is 0 Å². The second kappa shape index (κ2) is 4.25. The fourth-order valence-electron chi connectivity index (χ4n) is 1.71. The van der Waals surface area contributed by atoms with Crippen LogP contribution in [0.2, 0.25) is 0 Å². The minimum atomic E-state index is 0.409. The molecule has 84 valence electrons. The van der Waals surface area contributed by atoms with Crippen molar-refractivity contribution in [2.45, 2.75) is 6.61 Å². The Labute approximate surface area is 98.5 Å². The van der Waals surface area contributed by atoms with Crippen molar-refractivity contribution >= 4 is 10.9 Å². The Morgan fingerprint density at radius 2 is 2.06 bits per heavy atom. The van der Waals surface area contributed by atoms with Gasteiger partial charge in [-0.05, 0) is 12.1 Å². The molecular weight excluding hydrogens is 214 g/mol. The number of hydrogen-bond acceptors (Lipinski definition) is 3. The molecule has 0 atom stereocenters. The molecule has 0 saturated heterocycles. The second-order valence-corrected chi connectivity index (χ2v) is 3.67. The third kappa shape index (κ3) is 1.97. The van der Waals surface area contributed by atoms with Crippen LogP contribution in [-0.2, 0) is 6.61 Å². The molecule has 0 unspecified atom stereocenters. The van der Waals surface area contributed by atoms with E-state index in [9.17, 15) is 0 Å². The summed E-state index contributed by atoms with van der Waals surface area (Å²) in [6, 6.07) is 10.1. The number of aromatic nitrogens is 3. The van der Waals surface area contributed by atoms with Crippen LogP contribution in [0.25, 0.3) is 10.9 Å². The highest BCUT2D eigenvalue weighted by atomic mass is 16.7. The van der Waals surface area contributed by atoms with Gasteiger partial charge in [0.2, 0.25) is 0 Å². The lowest BCUT2D eigenvalue weighted by Gasteiger charge is -2.07. The normalized spacial score (nSPS) is 10.6. The van der Waals surface area contributed by atoms with E-state index in [0.29, 0.717) is 6.61 Å². The summed E-state index contributed by atoms with van der Waals surface area (Å²) in [4.78, 5) is 13.8. The average molecular weight is 225 g/mol. The molecule has 0 aliphatic heterocycles. The number of fused-ring (bicyclic) bond motifs is 1. The monoisotopic (exact) mass is 225 g/mol. The van der Waals surface area contributed by atoms with Crippen LogP contribution in [-0.4, -0.2) is 14.7 Å². The molecule has 0 saturated carbocycles. The first-order valence-corrected chi connectivity index (χ1v) is 5.38. The summed E-state index contributed by atoms with van der Waals surface area (Å²) in [5, 5.41) is 1.16. The summed E-state index contributed by atoms with van der Waals surface area (Å²) in [5.74, 6) is 0. The van der Waals surface area contributed by atoms with E-state index in [1.54, 1.807) is 23.3 Å². The molecule has 17 heavy (non-hydrogen) atoms. The zero-order valence-corrected chi connectivity index (χ0v) is 9.15. The van der Waals surface area contributed by atoms with Crippen molar-refractivity contribution in [2.75, 3.05) is 0 Å². The summed E-state index contributed by atoms with van der Waals surface area (Å²) in [6.45, 7) is 0.409. The van der Waals surface area contributed by atoms with Gasteiger partial charge in [0.25, 0.3) is 0 Å². The number of para-hydroxylation sites is 1. The van der Waals surface area contributed by atoms with Crippen molar-refractivity contribution in [3.05, 3.63) is 60.8 Å². The quantitative estimate of drug-likeness (QED) is 0.685. The van der Waals surface area contributed by atoms with Crippen LogP contribution in [0, 0.1) is 0 Å². The summed E-state index contributed by atoms with van der Waals surface area (Å²) in [6.07, 6.45) is 6.91. The first-order chi connectivity index (χ1) is 8.43. The molecule has 4 heteroatoms. The van der Waals surface area contributed by atoms with Gasteiger partial charge < -0.3 is 4.84 Å². The highest BCUT2D eigenvalue weighted by molar-refractivity contribution is 5.79. The van der Waals surface area contributed by atoms with E-state index in [2.05, 4.69) is 16.0 Å². The number of benzene rings is 1. The van der Waals surface area contributed by atoms with Gasteiger partial charge in [0.15, 0.2) is 6.61 Å². The molecule has 2 heterocycles. The first-order valence-electron chi connectivity index (χ1n) is 5.38. The van der Waals surface area contributed by atoms with E-state index >= 15 is 0 Å². The van der Waals surface area contributed by atoms with Gasteiger partial charge in [0.1, 0.15) is 0 Å². The maximum Gasteiger partial charge on any atom is 0.158 e. The van der Waals surface area contributed by atoms with Crippen LogP contribution in [0.15, 0.2) is 55.1 Å². The highest BCUT2D eigenvalue weighted by Crippen LogP contribution is 2.13. The number of rotatable bonds is 3. The SMILES string of the molecule is c1ccc2c(c1)ccn2OCc1cnccn1. The van der Waals surface area contributed by atoms with Gasteiger partial charge in [-0.15, -0.1) is 0 Å². The molecule has 0 N–H and O–H groups in total. The van der Waals surface area contributed by atoms with Crippen LogP contribution < -0.4 is 4.84 Å². The van der Waals surface area contributed by atoms with E-state index in [1.165, 1.54) is 0 Å². The molecule has 0 aliphatic rings. The van der Waals surface area contributed by atoms with Crippen molar-refractivity contribution in [3.8, 4) is 0 Å². The van der Waals surface area contributed by atoms with E-state index in [1.807, 2.05) is 30.5 Å². The molecular formula is C13H11N3O. The van der Waals surface area contributed by atoms with Gasteiger partial charge in [-0.25, -0.2) is 0 Å². The van der Waals surface area contributed by atoms with E-state index in [0.717, 1.165) is 16.6 Å². The molecule has 3 rings (SSSR count). The van der Waals surface area contributed by atoms with E-state index < -0.39 is 0 Å². The average Bonchev–Trinajstić information content (AvgIpc) is 2.81. The molecule has 0 amide bonds. The van der Waals surface area contributed by atoms with E-state index in [4.69, 9.17) is 4.84 Å². The Morgan fingerprint density at radius 3 is 2.94 bits per heavy atom. The molecule has 3 aromatic rings. The van der Waals surface area contributed by atoms with Crippen molar-refractivity contribution in [1.29, 1.82) is 0 Å². The van der Waals surface area contributed by atoms with Crippen molar-refractivity contribution in [3.63, 3.8) is 0 Å². The molecule has 0 fully saturated rings. The topological polar surface area (TPSA) is 39.9 Å². The van der Waals surface area contributed by atoms with Crippen LogP contribution >= 0.6 is 0 Å². The van der Waals surface area contributed by atoms with Crippen LogP contribution in [0.3, 0.4) is 0 Å². The largest absolute Gasteiger partial charge is 0.407 e. The van der Waals surface area contributed by atoms with Gasteiger partial charge in [0.05, 0.1) is 17.4 Å². The molecule has 0 bridgehead atoms. The summed E-state index contributed by atoms with van der Waals surface area (Å²) in [7, 11) is 0. The second-order valence-electron chi connectivity index (χ2n) is 3.67. The lowest BCUT2D eigenvalue weighted by atomic mass is 10.3. The van der Waals surface area contributed by atoms with Gasteiger partial charge >= 0.3 is 0 Å². The predicted octanol–water partition coefficient (Wildman–Crippen LogP) is 2.06. The zero-order valence-electron chi connectivity index (χ0n) is 9.15. The maximum atomic E-state index is 5.66. The van der Waals surface area contributed by atoms with Crippen LogP contribution in [0.4, 0.5) is 0 Å². The first kappa shape index (κ1) is 9.84. The Hall–Kier alpha value is -2.36. The Bertz CT molecular complexity index is 619. The maximum absolute atomic E-state index is 5.66. The van der Waals surface area contributed by atoms with Gasteiger partial charge in [-0.2, -0.15) is 4.73 Å². The van der Waals surface area contributed by atoms with Crippen molar-refractivity contribution in [1.82, 2.24) is 14.7 Å².